The number of Topliss-reactive ketones (excluding diaryl/α,β-unsaturated/α-hetero) is 2. The van der Waals surface area contributed by atoms with Gasteiger partial charge in [-0.15, -0.1) is 0 Å². The van der Waals surface area contributed by atoms with Crippen LogP contribution in [0.2, 0.25) is 0 Å². The number of aliphatic carboxylic acids is 1. The van der Waals surface area contributed by atoms with Gasteiger partial charge >= 0.3 is 11.9 Å². The zero-order valence-corrected chi connectivity index (χ0v) is 11.0. The molecule has 0 aromatic heterocycles. The van der Waals surface area contributed by atoms with Crippen LogP contribution >= 0.6 is 0 Å². The molecule has 0 spiro atoms. The van der Waals surface area contributed by atoms with Crippen molar-refractivity contribution in [3.8, 4) is 0 Å². The van der Waals surface area contributed by atoms with Crippen LogP contribution in [0.4, 0.5) is 0 Å². The summed E-state index contributed by atoms with van der Waals surface area (Å²) in [5, 5.41) is 7.99. The Balaban J connectivity index is 0. The lowest BCUT2D eigenvalue weighted by Crippen LogP contribution is -2.09. The SMILES string of the molecule is CCC(=O)CC(=O)O.CCOC(=O)CC(=O)CC. The van der Waals surface area contributed by atoms with Crippen molar-refractivity contribution in [2.24, 2.45) is 0 Å². The van der Waals surface area contributed by atoms with E-state index in [1.54, 1.807) is 20.8 Å². The third kappa shape index (κ3) is 14.3. The van der Waals surface area contributed by atoms with E-state index in [-0.39, 0.29) is 24.4 Å². The molecular formula is C12H20O6. The van der Waals surface area contributed by atoms with Crippen molar-refractivity contribution >= 4 is 23.5 Å². The number of carboxylic acid groups (broad SMARTS) is 1. The molecule has 18 heavy (non-hydrogen) atoms. The Kier molecular flexibility index (Phi) is 12.2. The molecule has 6 nitrogen and oxygen atoms in total. The summed E-state index contributed by atoms with van der Waals surface area (Å²) in [7, 11) is 0. The molecule has 0 saturated heterocycles. The van der Waals surface area contributed by atoms with Gasteiger partial charge in [0.25, 0.3) is 0 Å². The second-order valence-corrected chi connectivity index (χ2v) is 3.34. The fourth-order valence-corrected chi connectivity index (χ4v) is 0.792. The van der Waals surface area contributed by atoms with Crippen LogP contribution in [-0.4, -0.2) is 35.2 Å². The van der Waals surface area contributed by atoms with Crippen LogP contribution in [0, 0.1) is 0 Å². The van der Waals surface area contributed by atoms with E-state index in [9.17, 15) is 19.2 Å². The second kappa shape index (κ2) is 11.8. The van der Waals surface area contributed by atoms with Gasteiger partial charge in [0, 0.05) is 12.8 Å². The average molecular weight is 260 g/mol. The standard InChI is InChI=1S/C7H12O3.C5H8O3/c1-3-6(8)5-7(9)10-4-2;1-2-4(6)3-5(7)8/h3-5H2,1-2H3;2-3H2,1H3,(H,7,8). The van der Waals surface area contributed by atoms with Crippen LogP contribution in [0.5, 0.6) is 0 Å². The van der Waals surface area contributed by atoms with Crippen LogP contribution in [0.3, 0.4) is 0 Å². The number of ether oxygens (including phenoxy) is 1. The van der Waals surface area contributed by atoms with E-state index in [2.05, 4.69) is 4.74 Å². The topological polar surface area (TPSA) is 97.7 Å². The number of rotatable bonds is 7. The highest BCUT2D eigenvalue weighted by atomic mass is 16.5. The van der Waals surface area contributed by atoms with Gasteiger partial charge in [0.15, 0.2) is 0 Å². The number of ketones is 2. The Morgan fingerprint density at radius 1 is 0.889 bits per heavy atom. The predicted octanol–water partition coefficient (Wildman–Crippen LogP) is 1.36. The van der Waals surface area contributed by atoms with Crippen molar-refractivity contribution < 1.29 is 29.0 Å². The highest BCUT2D eigenvalue weighted by Gasteiger charge is 2.06. The monoisotopic (exact) mass is 260 g/mol. The summed E-state index contributed by atoms with van der Waals surface area (Å²) < 4.78 is 4.55. The normalized spacial score (nSPS) is 8.83. The Labute approximate surface area is 106 Å². The van der Waals surface area contributed by atoms with Crippen LogP contribution in [-0.2, 0) is 23.9 Å². The first-order valence-electron chi connectivity index (χ1n) is 5.78. The van der Waals surface area contributed by atoms with Crippen molar-refractivity contribution in [1.82, 2.24) is 0 Å². The summed E-state index contributed by atoms with van der Waals surface area (Å²) in [4.78, 5) is 41.2. The first kappa shape index (κ1) is 18.6. The van der Waals surface area contributed by atoms with Gasteiger partial charge in [-0.1, -0.05) is 13.8 Å². The fraction of sp³-hybridized carbons (Fsp3) is 0.667. The third-order valence-corrected chi connectivity index (χ3v) is 1.78. The molecule has 0 heterocycles. The largest absolute Gasteiger partial charge is 0.481 e. The fourth-order valence-electron chi connectivity index (χ4n) is 0.792. The lowest BCUT2D eigenvalue weighted by atomic mass is 10.2. The molecule has 0 bridgehead atoms. The number of carboxylic acids is 1. The molecule has 0 fully saturated rings. The van der Waals surface area contributed by atoms with Crippen LogP contribution in [0.15, 0.2) is 0 Å². The van der Waals surface area contributed by atoms with Gasteiger partial charge in [0.1, 0.15) is 24.4 Å². The molecule has 0 radical (unpaired) electrons. The van der Waals surface area contributed by atoms with E-state index in [0.29, 0.717) is 19.4 Å². The van der Waals surface area contributed by atoms with E-state index in [1.165, 1.54) is 0 Å². The van der Waals surface area contributed by atoms with E-state index in [4.69, 9.17) is 5.11 Å². The molecule has 0 saturated carbocycles. The van der Waals surface area contributed by atoms with Gasteiger partial charge in [-0.3, -0.25) is 19.2 Å². The minimum Gasteiger partial charge on any atom is -0.481 e. The van der Waals surface area contributed by atoms with Crippen LogP contribution in [0.25, 0.3) is 0 Å². The molecule has 0 aliphatic rings. The van der Waals surface area contributed by atoms with Gasteiger partial charge in [0.05, 0.1) is 6.61 Å². The summed E-state index contributed by atoms with van der Waals surface area (Å²) in [6, 6.07) is 0. The zero-order chi connectivity index (χ0) is 14.6. The third-order valence-electron chi connectivity index (χ3n) is 1.78. The molecule has 0 aliphatic heterocycles. The lowest BCUT2D eigenvalue weighted by Gasteiger charge is -1.97. The molecule has 0 amide bonds. The molecule has 0 aliphatic carbocycles. The summed E-state index contributed by atoms with van der Waals surface area (Å²) in [5.41, 5.74) is 0. The molecular weight excluding hydrogens is 240 g/mol. The van der Waals surface area contributed by atoms with E-state index in [0.717, 1.165) is 0 Å². The molecule has 0 unspecified atom stereocenters. The number of hydrogen-bond donors (Lipinski definition) is 1. The number of carbonyl (C=O) groups excluding carboxylic acids is 3. The highest BCUT2D eigenvalue weighted by molar-refractivity contribution is 5.95. The van der Waals surface area contributed by atoms with Gasteiger partial charge in [-0.05, 0) is 6.92 Å². The molecule has 6 heteroatoms. The Bertz CT molecular complexity index is 295. The quantitative estimate of drug-likeness (QED) is 0.548. The summed E-state index contributed by atoms with van der Waals surface area (Å²) in [5.74, 6) is -1.76. The highest BCUT2D eigenvalue weighted by Crippen LogP contribution is 1.91. The molecule has 0 aromatic carbocycles. The number of hydrogen-bond acceptors (Lipinski definition) is 5. The first-order chi connectivity index (χ1) is 8.37. The second-order valence-electron chi connectivity index (χ2n) is 3.34. The summed E-state index contributed by atoms with van der Waals surface area (Å²) in [6.07, 6.45) is 0.298. The summed E-state index contributed by atoms with van der Waals surface area (Å²) >= 11 is 0. The smallest absolute Gasteiger partial charge is 0.313 e. The van der Waals surface area contributed by atoms with E-state index < -0.39 is 11.9 Å². The molecule has 0 aromatic rings. The van der Waals surface area contributed by atoms with Crippen molar-refractivity contribution in [2.45, 2.75) is 46.5 Å². The van der Waals surface area contributed by atoms with Gasteiger partial charge < -0.3 is 9.84 Å². The van der Waals surface area contributed by atoms with Gasteiger partial charge in [-0.2, -0.15) is 0 Å². The molecule has 0 rings (SSSR count). The zero-order valence-electron chi connectivity index (χ0n) is 11.0. The van der Waals surface area contributed by atoms with Crippen molar-refractivity contribution in [2.75, 3.05) is 6.61 Å². The Hall–Kier alpha value is -1.72. The lowest BCUT2D eigenvalue weighted by molar-refractivity contribution is -0.145. The van der Waals surface area contributed by atoms with Crippen molar-refractivity contribution in [1.29, 1.82) is 0 Å². The maximum atomic E-state index is 10.6. The van der Waals surface area contributed by atoms with Gasteiger partial charge in [-0.25, -0.2) is 0 Å². The summed E-state index contributed by atoms with van der Waals surface area (Å²) in [6.45, 7) is 5.43. The number of esters is 1. The Morgan fingerprint density at radius 3 is 1.61 bits per heavy atom. The molecule has 1 N–H and O–H groups in total. The minimum absolute atomic E-state index is 0.0709. The van der Waals surface area contributed by atoms with Crippen LogP contribution < -0.4 is 0 Å². The minimum atomic E-state index is -1.04. The predicted molar refractivity (Wildman–Crippen MR) is 64.1 cm³/mol. The van der Waals surface area contributed by atoms with Crippen LogP contribution in [0.1, 0.15) is 46.5 Å². The van der Waals surface area contributed by atoms with Crippen molar-refractivity contribution in [3.63, 3.8) is 0 Å². The number of carbonyl (C=O) groups is 4. The van der Waals surface area contributed by atoms with Crippen molar-refractivity contribution in [3.05, 3.63) is 0 Å². The maximum Gasteiger partial charge on any atom is 0.313 e. The van der Waals surface area contributed by atoms with Gasteiger partial charge in [0.2, 0.25) is 0 Å². The average Bonchev–Trinajstić information content (AvgIpc) is 2.29. The molecule has 0 atom stereocenters. The Morgan fingerprint density at radius 2 is 1.33 bits per heavy atom. The van der Waals surface area contributed by atoms with E-state index in [1.807, 2.05) is 0 Å². The maximum absolute atomic E-state index is 10.6. The van der Waals surface area contributed by atoms with E-state index >= 15 is 0 Å². The molecule has 104 valence electrons. The first-order valence-corrected chi connectivity index (χ1v) is 5.78.